The number of likely N-dealkylation sites (tertiary alicyclic amines) is 1. The van der Waals surface area contributed by atoms with Gasteiger partial charge in [0.2, 0.25) is 5.91 Å². The van der Waals surface area contributed by atoms with Crippen LogP contribution in [0.15, 0.2) is 0 Å². The Labute approximate surface area is 129 Å². The molecular formula is C17H33N3O. The molecule has 2 rings (SSSR count). The van der Waals surface area contributed by atoms with E-state index in [9.17, 15) is 4.79 Å². The molecule has 0 aromatic carbocycles. The van der Waals surface area contributed by atoms with E-state index in [2.05, 4.69) is 17.1 Å². The van der Waals surface area contributed by atoms with E-state index < -0.39 is 0 Å². The van der Waals surface area contributed by atoms with Gasteiger partial charge in [-0.25, -0.2) is 0 Å². The van der Waals surface area contributed by atoms with E-state index in [1.165, 1.54) is 44.9 Å². The third-order valence-electron chi connectivity index (χ3n) is 5.58. The van der Waals surface area contributed by atoms with Gasteiger partial charge in [-0.15, -0.1) is 0 Å². The number of nitrogens with one attached hydrogen (secondary N) is 1. The fourth-order valence-electron chi connectivity index (χ4n) is 4.44. The Morgan fingerprint density at radius 3 is 2.76 bits per heavy atom. The van der Waals surface area contributed by atoms with Gasteiger partial charge in [-0.1, -0.05) is 32.6 Å². The predicted octanol–water partition coefficient (Wildman–Crippen LogP) is 2.13. The quantitative estimate of drug-likeness (QED) is 0.817. The molecule has 21 heavy (non-hydrogen) atoms. The van der Waals surface area contributed by atoms with Crippen LogP contribution in [0.3, 0.4) is 0 Å². The summed E-state index contributed by atoms with van der Waals surface area (Å²) >= 11 is 0. The molecule has 0 aromatic heterocycles. The average molecular weight is 295 g/mol. The summed E-state index contributed by atoms with van der Waals surface area (Å²) in [5.74, 6) is 1.60. The van der Waals surface area contributed by atoms with Crippen LogP contribution in [0.25, 0.3) is 0 Å². The Morgan fingerprint density at radius 1 is 1.29 bits per heavy atom. The first-order chi connectivity index (χ1) is 10.2. The lowest BCUT2D eigenvalue weighted by Gasteiger charge is -2.47. The predicted molar refractivity (Wildman–Crippen MR) is 87.0 cm³/mol. The van der Waals surface area contributed by atoms with Crippen LogP contribution >= 0.6 is 0 Å². The fraction of sp³-hybridized carbons (Fsp3) is 0.941. The van der Waals surface area contributed by atoms with E-state index >= 15 is 0 Å². The van der Waals surface area contributed by atoms with Crippen molar-refractivity contribution in [3.63, 3.8) is 0 Å². The number of carbonyl (C=O) groups is 1. The van der Waals surface area contributed by atoms with Crippen LogP contribution in [-0.4, -0.2) is 43.0 Å². The fourth-order valence-corrected chi connectivity index (χ4v) is 4.44. The van der Waals surface area contributed by atoms with E-state index in [-0.39, 0.29) is 11.9 Å². The third-order valence-corrected chi connectivity index (χ3v) is 5.58. The third kappa shape index (κ3) is 3.98. The Kier molecular flexibility index (Phi) is 6.49. The smallest absolute Gasteiger partial charge is 0.237 e. The largest absolute Gasteiger partial charge is 0.358 e. The van der Waals surface area contributed by atoms with Crippen molar-refractivity contribution in [3.8, 4) is 0 Å². The molecule has 1 saturated carbocycles. The molecule has 0 bridgehead atoms. The topological polar surface area (TPSA) is 58.4 Å². The molecule has 1 aliphatic heterocycles. The van der Waals surface area contributed by atoms with Crippen molar-refractivity contribution < 1.29 is 4.79 Å². The Balaban J connectivity index is 2.10. The van der Waals surface area contributed by atoms with Gasteiger partial charge in [0.05, 0.1) is 6.04 Å². The number of nitrogens with zero attached hydrogens (tertiary/aromatic N) is 1. The number of amides is 1. The first-order valence-corrected chi connectivity index (χ1v) is 8.88. The molecule has 1 saturated heterocycles. The van der Waals surface area contributed by atoms with E-state index in [0.29, 0.717) is 12.0 Å². The number of rotatable bonds is 5. The molecule has 0 spiro atoms. The van der Waals surface area contributed by atoms with Gasteiger partial charge >= 0.3 is 0 Å². The second-order valence-electron chi connectivity index (χ2n) is 6.89. The van der Waals surface area contributed by atoms with Gasteiger partial charge in [0.25, 0.3) is 0 Å². The van der Waals surface area contributed by atoms with Crippen molar-refractivity contribution in [1.29, 1.82) is 0 Å². The summed E-state index contributed by atoms with van der Waals surface area (Å²) < 4.78 is 0. The summed E-state index contributed by atoms with van der Waals surface area (Å²) in [4.78, 5) is 14.7. The van der Waals surface area contributed by atoms with Crippen molar-refractivity contribution >= 4 is 5.91 Å². The zero-order chi connectivity index (χ0) is 15.2. The lowest BCUT2D eigenvalue weighted by Crippen LogP contribution is -2.57. The Hall–Kier alpha value is -0.610. The highest BCUT2D eigenvalue weighted by Crippen LogP contribution is 2.36. The molecule has 4 nitrogen and oxygen atoms in total. The van der Waals surface area contributed by atoms with Gasteiger partial charge in [-0.3, -0.25) is 9.69 Å². The highest BCUT2D eigenvalue weighted by molar-refractivity contribution is 5.81. The van der Waals surface area contributed by atoms with Crippen molar-refractivity contribution in [2.24, 2.45) is 17.6 Å². The van der Waals surface area contributed by atoms with Crippen molar-refractivity contribution in [2.75, 3.05) is 20.1 Å². The van der Waals surface area contributed by atoms with Gasteiger partial charge in [0.1, 0.15) is 0 Å². The zero-order valence-corrected chi connectivity index (χ0v) is 13.8. The molecule has 4 unspecified atom stereocenters. The van der Waals surface area contributed by atoms with Crippen LogP contribution in [0.2, 0.25) is 0 Å². The van der Waals surface area contributed by atoms with Gasteiger partial charge in [0.15, 0.2) is 0 Å². The van der Waals surface area contributed by atoms with Gasteiger partial charge in [-0.05, 0) is 50.6 Å². The summed E-state index contributed by atoms with van der Waals surface area (Å²) in [6.07, 6.45) is 9.80. The van der Waals surface area contributed by atoms with Crippen molar-refractivity contribution in [2.45, 2.75) is 70.4 Å². The normalized spacial score (nSPS) is 34.6. The zero-order valence-electron chi connectivity index (χ0n) is 13.8. The minimum absolute atomic E-state index is 0.0724. The summed E-state index contributed by atoms with van der Waals surface area (Å²) in [7, 11) is 1.76. The van der Waals surface area contributed by atoms with E-state index in [0.717, 1.165) is 25.4 Å². The second-order valence-corrected chi connectivity index (χ2v) is 6.89. The lowest BCUT2D eigenvalue weighted by atomic mass is 9.75. The van der Waals surface area contributed by atoms with Crippen LogP contribution < -0.4 is 11.1 Å². The summed E-state index contributed by atoms with van der Waals surface area (Å²) in [6.45, 7) is 4.11. The first-order valence-electron chi connectivity index (χ1n) is 8.88. The number of nitrogens with two attached hydrogens (primary N) is 1. The lowest BCUT2D eigenvalue weighted by molar-refractivity contribution is -0.129. The number of hydrogen-bond acceptors (Lipinski definition) is 3. The van der Waals surface area contributed by atoms with Gasteiger partial charge in [-0.2, -0.15) is 0 Å². The molecular weight excluding hydrogens is 262 g/mol. The van der Waals surface area contributed by atoms with Gasteiger partial charge in [0, 0.05) is 13.1 Å². The second kappa shape index (κ2) is 8.14. The van der Waals surface area contributed by atoms with E-state index in [1.807, 2.05) is 0 Å². The minimum atomic E-state index is 0.0724. The molecule has 0 radical (unpaired) electrons. The van der Waals surface area contributed by atoms with Crippen LogP contribution in [0, 0.1) is 11.8 Å². The number of likely N-dealkylation sites (N-methyl/N-ethyl adjacent to an activating group) is 1. The SMILES string of the molecule is CCCC1CCC(CN)C(N2CCCCC2C(=O)NC)C1. The molecule has 2 fully saturated rings. The molecule has 0 aromatic rings. The summed E-state index contributed by atoms with van der Waals surface area (Å²) in [5.41, 5.74) is 6.05. The minimum Gasteiger partial charge on any atom is -0.358 e. The van der Waals surface area contributed by atoms with Crippen molar-refractivity contribution in [1.82, 2.24) is 10.2 Å². The maximum absolute atomic E-state index is 12.2. The summed E-state index contributed by atoms with van der Waals surface area (Å²) in [6, 6.07) is 0.589. The monoisotopic (exact) mass is 295 g/mol. The first kappa shape index (κ1) is 16.8. The average Bonchev–Trinajstić information content (AvgIpc) is 2.54. The number of piperidine rings is 1. The Bertz CT molecular complexity index is 334. The Morgan fingerprint density at radius 2 is 2.10 bits per heavy atom. The number of hydrogen-bond donors (Lipinski definition) is 2. The van der Waals surface area contributed by atoms with E-state index in [4.69, 9.17) is 5.73 Å². The molecule has 4 atom stereocenters. The maximum Gasteiger partial charge on any atom is 0.237 e. The maximum atomic E-state index is 12.2. The molecule has 3 N–H and O–H groups in total. The van der Waals surface area contributed by atoms with Crippen molar-refractivity contribution in [3.05, 3.63) is 0 Å². The van der Waals surface area contributed by atoms with Gasteiger partial charge < -0.3 is 11.1 Å². The molecule has 122 valence electrons. The molecule has 2 aliphatic rings. The molecule has 1 amide bonds. The number of carbonyl (C=O) groups excluding carboxylic acids is 1. The summed E-state index contributed by atoms with van der Waals surface area (Å²) in [5, 5.41) is 2.86. The highest BCUT2D eigenvalue weighted by atomic mass is 16.2. The molecule has 1 heterocycles. The standard InChI is InChI=1S/C17H33N3O/c1-3-6-13-8-9-14(12-18)16(11-13)20-10-5-4-7-15(20)17(21)19-2/h13-16H,3-12,18H2,1-2H3,(H,19,21). The molecule has 4 heteroatoms. The van der Waals surface area contributed by atoms with Crippen LogP contribution in [0.5, 0.6) is 0 Å². The van der Waals surface area contributed by atoms with Crippen LogP contribution in [0.1, 0.15) is 58.3 Å². The molecule has 1 aliphatic carbocycles. The van der Waals surface area contributed by atoms with Crippen LogP contribution in [0.4, 0.5) is 0 Å². The van der Waals surface area contributed by atoms with Crippen LogP contribution in [-0.2, 0) is 4.79 Å². The van der Waals surface area contributed by atoms with E-state index in [1.54, 1.807) is 7.05 Å². The highest BCUT2D eigenvalue weighted by Gasteiger charge is 2.39.